The zero-order chi connectivity index (χ0) is 14.6. The van der Waals surface area contributed by atoms with Crippen LogP contribution in [0.25, 0.3) is 0 Å². The highest BCUT2D eigenvalue weighted by Gasteiger charge is 1.94. The molecule has 1 heteroatoms. The quantitative estimate of drug-likeness (QED) is 0.378. The number of allylic oxidation sites excluding steroid dienone is 4. The normalized spacial score (nSPS) is 9.94. The minimum atomic E-state index is 1.27. The van der Waals surface area contributed by atoms with E-state index in [-0.39, 0.29) is 0 Å². The molecule has 0 spiro atoms. The van der Waals surface area contributed by atoms with Gasteiger partial charge in [0, 0.05) is 6.92 Å². The Labute approximate surface area is 116 Å². The molecule has 0 aromatic rings. The Kier molecular flexibility index (Phi) is 30.8. The molecule has 0 aliphatic carbocycles. The highest BCUT2D eigenvalue weighted by molar-refractivity contribution is 5.11. The van der Waals surface area contributed by atoms with Crippen molar-refractivity contribution in [1.82, 2.24) is 0 Å². The van der Waals surface area contributed by atoms with Crippen LogP contribution in [0.3, 0.4) is 0 Å². The van der Waals surface area contributed by atoms with E-state index in [1.165, 1.54) is 45.4 Å². The molecule has 0 aromatic carbocycles. The van der Waals surface area contributed by atoms with Crippen molar-refractivity contribution in [3.63, 3.8) is 0 Å². The minimum absolute atomic E-state index is 1.27. The SMILES string of the molecule is C/C=C\C=C(/CCC)CCCCC.CC.CC#N. The molecule has 0 saturated heterocycles. The molecule has 0 bridgehead atoms. The smallest absolute Gasteiger partial charge is 0.0587 e. The van der Waals surface area contributed by atoms with Gasteiger partial charge in [0.2, 0.25) is 0 Å². The summed E-state index contributed by atoms with van der Waals surface area (Å²) >= 11 is 0. The maximum atomic E-state index is 7.32. The Morgan fingerprint density at radius 2 is 1.61 bits per heavy atom. The van der Waals surface area contributed by atoms with Crippen LogP contribution in [0, 0.1) is 11.3 Å². The molecule has 0 fully saturated rings. The van der Waals surface area contributed by atoms with Gasteiger partial charge in [0.25, 0.3) is 0 Å². The molecule has 0 saturated carbocycles. The standard InChI is InChI=1S/C13H24.C2H3N.C2H6/c1-4-7-9-12-13(10-6-3)11-8-5-2;1-2-3;1-2/h5,8,11H,4,6-7,9-10,12H2,1-3H3;1H3;1-2H3/b8-5-,13-11+;;. The van der Waals surface area contributed by atoms with E-state index >= 15 is 0 Å². The predicted octanol–water partition coefficient (Wildman–Crippen LogP) is 6.43. The highest BCUT2D eigenvalue weighted by atomic mass is 14.2. The fourth-order valence-corrected chi connectivity index (χ4v) is 1.45. The number of hydrogen-bond donors (Lipinski definition) is 0. The van der Waals surface area contributed by atoms with Gasteiger partial charge in [0.05, 0.1) is 6.07 Å². The first-order chi connectivity index (χ1) is 8.76. The van der Waals surface area contributed by atoms with Crippen LogP contribution >= 0.6 is 0 Å². The first kappa shape index (κ1) is 22.2. The lowest BCUT2D eigenvalue weighted by Crippen LogP contribution is -1.84. The molecule has 0 amide bonds. The molecule has 0 aliphatic heterocycles. The average Bonchev–Trinajstić information content (AvgIpc) is 2.39. The van der Waals surface area contributed by atoms with E-state index in [4.69, 9.17) is 5.26 Å². The van der Waals surface area contributed by atoms with E-state index < -0.39 is 0 Å². The Morgan fingerprint density at radius 1 is 1.06 bits per heavy atom. The molecule has 1 nitrogen and oxygen atoms in total. The van der Waals surface area contributed by atoms with Crippen LogP contribution in [0.5, 0.6) is 0 Å². The summed E-state index contributed by atoms with van der Waals surface area (Å²) in [6.45, 7) is 12.0. The van der Waals surface area contributed by atoms with Gasteiger partial charge in [-0.3, -0.25) is 0 Å². The summed E-state index contributed by atoms with van der Waals surface area (Å²) in [5.41, 5.74) is 1.62. The molecule has 0 radical (unpaired) electrons. The van der Waals surface area contributed by atoms with Crippen LogP contribution in [0.4, 0.5) is 0 Å². The summed E-state index contributed by atoms with van der Waals surface area (Å²) in [7, 11) is 0. The predicted molar refractivity (Wildman–Crippen MR) is 84.6 cm³/mol. The Balaban J connectivity index is -0.000000389. The molecule has 0 rings (SSSR count). The zero-order valence-corrected chi connectivity index (χ0v) is 13.4. The second kappa shape index (κ2) is 25.0. The Bertz CT molecular complexity index is 218. The van der Waals surface area contributed by atoms with Crippen molar-refractivity contribution in [3.05, 3.63) is 23.8 Å². The summed E-state index contributed by atoms with van der Waals surface area (Å²) in [6.07, 6.45) is 14.5. The van der Waals surface area contributed by atoms with Gasteiger partial charge in [-0.15, -0.1) is 0 Å². The first-order valence-electron chi connectivity index (χ1n) is 7.38. The van der Waals surface area contributed by atoms with Gasteiger partial charge in [0.15, 0.2) is 0 Å². The van der Waals surface area contributed by atoms with E-state index in [9.17, 15) is 0 Å². The van der Waals surface area contributed by atoms with Crippen LogP contribution in [0.1, 0.15) is 80.1 Å². The maximum absolute atomic E-state index is 7.32. The third kappa shape index (κ3) is 24.3. The number of nitrogens with zero attached hydrogens (tertiary/aromatic N) is 1. The second-order valence-corrected chi connectivity index (χ2v) is 3.78. The van der Waals surface area contributed by atoms with Gasteiger partial charge in [0.1, 0.15) is 0 Å². The van der Waals surface area contributed by atoms with Gasteiger partial charge in [-0.2, -0.15) is 5.26 Å². The lowest BCUT2D eigenvalue weighted by atomic mass is 10.0. The molecule has 0 heterocycles. The van der Waals surface area contributed by atoms with Gasteiger partial charge in [-0.25, -0.2) is 0 Å². The van der Waals surface area contributed by atoms with Crippen molar-refractivity contribution in [2.24, 2.45) is 0 Å². The summed E-state index contributed by atoms with van der Waals surface area (Å²) in [4.78, 5) is 0. The Hall–Kier alpha value is -1.03. The molecule has 0 aliphatic rings. The largest absolute Gasteiger partial charge is 0.199 e. The second-order valence-electron chi connectivity index (χ2n) is 3.78. The third-order valence-corrected chi connectivity index (χ3v) is 2.20. The van der Waals surface area contributed by atoms with Crippen LogP contribution in [0.2, 0.25) is 0 Å². The fraction of sp³-hybridized carbons (Fsp3) is 0.706. The number of unbranched alkanes of at least 4 members (excludes halogenated alkanes) is 2. The number of nitriles is 1. The highest BCUT2D eigenvalue weighted by Crippen LogP contribution is 2.14. The van der Waals surface area contributed by atoms with Gasteiger partial charge in [-0.05, 0) is 26.2 Å². The van der Waals surface area contributed by atoms with E-state index in [1.807, 2.05) is 13.8 Å². The van der Waals surface area contributed by atoms with Crippen LogP contribution < -0.4 is 0 Å². The number of hydrogen-bond acceptors (Lipinski definition) is 1. The molecule has 0 aromatic heterocycles. The van der Waals surface area contributed by atoms with E-state index in [0.717, 1.165) is 0 Å². The van der Waals surface area contributed by atoms with E-state index in [1.54, 1.807) is 11.6 Å². The topological polar surface area (TPSA) is 23.8 Å². The van der Waals surface area contributed by atoms with Crippen molar-refractivity contribution in [3.8, 4) is 6.07 Å². The first-order valence-corrected chi connectivity index (χ1v) is 7.38. The molecule has 18 heavy (non-hydrogen) atoms. The van der Waals surface area contributed by atoms with Gasteiger partial charge < -0.3 is 0 Å². The molecule has 0 atom stereocenters. The maximum Gasteiger partial charge on any atom is 0.0587 e. The van der Waals surface area contributed by atoms with Crippen molar-refractivity contribution < 1.29 is 0 Å². The molecule has 0 N–H and O–H groups in total. The van der Waals surface area contributed by atoms with Crippen LogP contribution in [-0.4, -0.2) is 0 Å². The third-order valence-electron chi connectivity index (χ3n) is 2.20. The Morgan fingerprint density at radius 3 is 2.00 bits per heavy atom. The van der Waals surface area contributed by atoms with Crippen molar-refractivity contribution in [2.75, 3.05) is 0 Å². The van der Waals surface area contributed by atoms with Crippen LogP contribution in [0.15, 0.2) is 23.8 Å². The lowest BCUT2D eigenvalue weighted by molar-refractivity contribution is 0.691. The lowest BCUT2D eigenvalue weighted by Gasteiger charge is -2.04. The summed E-state index contributed by atoms with van der Waals surface area (Å²) in [5.74, 6) is 0. The summed E-state index contributed by atoms with van der Waals surface area (Å²) in [6, 6.07) is 1.75. The summed E-state index contributed by atoms with van der Waals surface area (Å²) < 4.78 is 0. The molecule has 0 unspecified atom stereocenters. The monoisotopic (exact) mass is 251 g/mol. The van der Waals surface area contributed by atoms with Gasteiger partial charge >= 0.3 is 0 Å². The van der Waals surface area contributed by atoms with Gasteiger partial charge in [-0.1, -0.05) is 70.8 Å². The zero-order valence-electron chi connectivity index (χ0n) is 13.4. The van der Waals surface area contributed by atoms with E-state index in [0.29, 0.717) is 0 Å². The average molecular weight is 251 g/mol. The molecular formula is C17H33N. The van der Waals surface area contributed by atoms with Crippen LogP contribution in [-0.2, 0) is 0 Å². The van der Waals surface area contributed by atoms with Crippen molar-refractivity contribution in [1.29, 1.82) is 5.26 Å². The fourth-order valence-electron chi connectivity index (χ4n) is 1.45. The minimum Gasteiger partial charge on any atom is -0.199 e. The molecular weight excluding hydrogens is 218 g/mol. The number of rotatable bonds is 7. The van der Waals surface area contributed by atoms with E-state index in [2.05, 4.69) is 39.0 Å². The van der Waals surface area contributed by atoms with Crippen molar-refractivity contribution in [2.45, 2.75) is 80.1 Å². The van der Waals surface area contributed by atoms with Crippen molar-refractivity contribution >= 4 is 0 Å². The molecule has 106 valence electrons. The summed E-state index contributed by atoms with van der Waals surface area (Å²) in [5, 5.41) is 7.32.